The lowest BCUT2D eigenvalue weighted by Gasteiger charge is -2.40. The number of carbonyl (C=O) groups excluding carboxylic acids is 2. The van der Waals surface area contributed by atoms with E-state index in [0.29, 0.717) is 6.54 Å². The number of rotatable bonds is 2. The van der Waals surface area contributed by atoms with Gasteiger partial charge in [0.25, 0.3) is 0 Å². The van der Waals surface area contributed by atoms with Crippen LogP contribution >= 0.6 is 0 Å². The largest absolute Gasteiger partial charge is 0.373 e. The molecule has 2 heterocycles. The summed E-state index contributed by atoms with van der Waals surface area (Å²) < 4.78 is 5.77. The number of carbonyl (C=O) groups is 2. The fraction of sp³-hybridized carbons (Fsp3) is 0.857. The molecule has 1 aliphatic carbocycles. The first-order chi connectivity index (χ1) is 9.09. The number of hydrogen-bond acceptors (Lipinski definition) is 3. The Bertz CT molecular complexity index is 390. The third-order valence-electron chi connectivity index (χ3n) is 4.61. The molecule has 19 heavy (non-hydrogen) atoms. The maximum absolute atomic E-state index is 12.6. The highest BCUT2D eigenvalue weighted by atomic mass is 16.5. The molecule has 2 unspecified atom stereocenters. The normalized spacial score (nSPS) is 34.1. The molecule has 3 aliphatic rings. The third-order valence-corrected chi connectivity index (χ3v) is 4.61. The highest BCUT2D eigenvalue weighted by Gasteiger charge is 2.48. The molecule has 0 aromatic rings. The number of piperazine rings is 1. The summed E-state index contributed by atoms with van der Waals surface area (Å²) in [6, 6.07) is 0. The second kappa shape index (κ2) is 4.78. The molecule has 3 fully saturated rings. The van der Waals surface area contributed by atoms with Crippen LogP contribution in [-0.4, -0.2) is 47.6 Å². The molecule has 0 aromatic heterocycles. The number of hydrogen-bond donors (Lipinski definition) is 1. The Labute approximate surface area is 113 Å². The van der Waals surface area contributed by atoms with E-state index in [2.05, 4.69) is 12.2 Å². The van der Waals surface area contributed by atoms with Crippen LogP contribution in [0.1, 0.15) is 45.4 Å². The fourth-order valence-electron chi connectivity index (χ4n) is 3.64. The Morgan fingerprint density at radius 1 is 1.32 bits per heavy atom. The van der Waals surface area contributed by atoms with Gasteiger partial charge in [-0.15, -0.1) is 0 Å². The van der Waals surface area contributed by atoms with Crippen LogP contribution in [-0.2, 0) is 14.3 Å². The monoisotopic (exact) mass is 266 g/mol. The molecule has 1 spiro atoms. The summed E-state index contributed by atoms with van der Waals surface area (Å²) in [7, 11) is 0. The molecule has 1 saturated carbocycles. The molecule has 0 radical (unpaired) electrons. The Balaban J connectivity index is 1.70. The van der Waals surface area contributed by atoms with Gasteiger partial charge in [0.1, 0.15) is 5.54 Å². The van der Waals surface area contributed by atoms with Gasteiger partial charge in [-0.3, -0.25) is 9.59 Å². The minimum absolute atomic E-state index is 0.0208. The number of nitrogens with zero attached hydrogens (tertiary/aromatic N) is 1. The van der Waals surface area contributed by atoms with Crippen LogP contribution in [0.5, 0.6) is 0 Å². The minimum atomic E-state index is -0.598. The van der Waals surface area contributed by atoms with Gasteiger partial charge in [0.15, 0.2) is 0 Å². The second-order valence-corrected chi connectivity index (χ2v) is 6.17. The summed E-state index contributed by atoms with van der Waals surface area (Å²) in [5.74, 6) is 0.0836. The predicted octanol–water partition coefficient (Wildman–Crippen LogP) is 0.825. The van der Waals surface area contributed by atoms with Crippen LogP contribution in [0.3, 0.4) is 0 Å². The van der Waals surface area contributed by atoms with Crippen LogP contribution in [0.15, 0.2) is 0 Å². The van der Waals surface area contributed by atoms with Crippen LogP contribution in [0.2, 0.25) is 0 Å². The first-order valence-electron chi connectivity index (χ1n) is 7.35. The van der Waals surface area contributed by atoms with Gasteiger partial charge in [0.05, 0.1) is 18.8 Å². The SMILES string of the molecule is CC1CCC(CN2CC(=O)NC3(CCCC3)C2=O)O1. The van der Waals surface area contributed by atoms with Crippen molar-refractivity contribution < 1.29 is 14.3 Å². The summed E-state index contributed by atoms with van der Waals surface area (Å²) in [4.78, 5) is 26.2. The van der Waals surface area contributed by atoms with Gasteiger partial charge in [0, 0.05) is 6.54 Å². The third kappa shape index (κ3) is 2.36. The second-order valence-electron chi connectivity index (χ2n) is 6.17. The summed E-state index contributed by atoms with van der Waals surface area (Å²) in [6.45, 7) is 2.82. The topological polar surface area (TPSA) is 58.6 Å². The maximum Gasteiger partial charge on any atom is 0.248 e. The molecule has 2 saturated heterocycles. The molecule has 5 nitrogen and oxygen atoms in total. The molecular formula is C14H22N2O3. The van der Waals surface area contributed by atoms with E-state index in [0.717, 1.165) is 38.5 Å². The summed E-state index contributed by atoms with van der Waals surface area (Å²) in [5.41, 5.74) is -0.598. The van der Waals surface area contributed by atoms with Crippen LogP contribution < -0.4 is 5.32 Å². The minimum Gasteiger partial charge on any atom is -0.373 e. The Morgan fingerprint density at radius 3 is 2.68 bits per heavy atom. The number of nitrogens with one attached hydrogen (secondary N) is 1. The van der Waals surface area contributed by atoms with Crippen molar-refractivity contribution >= 4 is 11.8 Å². The highest BCUT2D eigenvalue weighted by molar-refractivity contribution is 5.98. The highest BCUT2D eigenvalue weighted by Crippen LogP contribution is 2.33. The number of amides is 2. The van der Waals surface area contributed by atoms with Crippen LogP contribution in [0, 0.1) is 0 Å². The lowest BCUT2D eigenvalue weighted by Crippen LogP contribution is -2.66. The Morgan fingerprint density at radius 2 is 2.05 bits per heavy atom. The first-order valence-corrected chi connectivity index (χ1v) is 7.35. The van der Waals surface area contributed by atoms with E-state index in [4.69, 9.17) is 4.74 Å². The molecule has 0 bridgehead atoms. The molecule has 5 heteroatoms. The van der Waals surface area contributed by atoms with E-state index < -0.39 is 5.54 Å². The van der Waals surface area contributed by atoms with E-state index in [-0.39, 0.29) is 30.6 Å². The molecule has 0 aromatic carbocycles. The van der Waals surface area contributed by atoms with Gasteiger partial charge < -0.3 is 15.0 Å². The van der Waals surface area contributed by atoms with Crippen molar-refractivity contribution in [1.29, 1.82) is 0 Å². The molecule has 2 aliphatic heterocycles. The summed E-state index contributed by atoms with van der Waals surface area (Å²) in [5, 5.41) is 2.93. The lowest BCUT2D eigenvalue weighted by molar-refractivity contribution is -0.151. The van der Waals surface area contributed by atoms with E-state index in [1.165, 1.54) is 0 Å². The van der Waals surface area contributed by atoms with Gasteiger partial charge in [-0.1, -0.05) is 12.8 Å². The zero-order valence-corrected chi connectivity index (χ0v) is 11.5. The summed E-state index contributed by atoms with van der Waals surface area (Å²) in [6.07, 6.45) is 6.03. The molecule has 2 atom stereocenters. The molecule has 3 rings (SSSR count). The average Bonchev–Trinajstić information content (AvgIpc) is 2.96. The smallest absolute Gasteiger partial charge is 0.248 e. The zero-order valence-electron chi connectivity index (χ0n) is 11.5. The van der Waals surface area contributed by atoms with Gasteiger partial charge in [-0.25, -0.2) is 0 Å². The van der Waals surface area contributed by atoms with Gasteiger partial charge in [-0.2, -0.15) is 0 Å². The Kier molecular flexibility index (Phi) is 3.25. The molecule has 106 valence electrons. The van der Waals surface area contributed by atoms with Gasteiger partial charge in [-0.05, 0) is 32.6 Å². The van der Waals surface area contributed by atoms with Crippen molar-refractivity contribution in [3.05, 3.63) is 0 Å². The van der Waals surface area contributed by atoms with E-state index in [1.54, 1.807) is 4.90 Å². The van der Waals surface area contributed by atoms with Crippen molar-refractivity contribution in [2.75, 3.05) is 13.1 Å². The Hall–Kier alpha value is -1.10. The van der Waals surface area contributed by atoms with Gasteiger partial charge >= 0.3 is 0 Å². The molecule has 2 amide bonds. The quantitative estimate of drug-likeness (QED) is 0.805. The van der Waals surface area contributed by atoms with E-state index in [1.807, 2.05) is 0 Å². The lowest BCUT2D eigenvalue weighted by atomic mass is 9.93. The standard InChI is InChI=1S/C14H22N2O3/c1-10-4-5-11(19-10)8-16-9-12(17)15-14(13(16)18)6-2-3-7-14/h10-11H,2-9H2,1H3,(H,15,17). The van der Waals surface area contributed by atoms with Crippen molar-refractivity contribution in [1.82, 2.24) is 10.2 Å². The van der Waals surface area contributed by atoms with Crippen molar-refractivity contribution in [3.63, 3.8) is 0 Å². The first kappa shape index (κ1) is 12.9. The average molecular weight is 266 g/mol. The van der Waals surface area contributed by atoms with Crippen molar-refractivity contribution in [3.8, 4) is 0 Å². The van der Waals surface area contributed by atoms with E-state index >= 15 is 0 Å². The van der Waals surface area contributed by atoms with Gasteiger partial charge in [0.2, 0.25) is 11.8 Å². The number of ether oxygens (including phenoxy) is 1. The predicted molar refractivity (Wildman–Crippen MR) is 69.5 cm³/mol. The van der Waals surface area contributed by atoms with E-state index in [9.17, 15) is 9.59 Å². The van der Waals surface area contributed by atoms with Crippen LogP contribution in [0.4, 0.5) is 0 Å². The maximum atomic E-state index is 12.6. The van der Waals surface area contributed by atoms with Crippen molar-refractivity contribution in [2.24, 2.45) is 0 Å². The summed E-state index contributed by atoms with van der Waals surface area (Å²) >= 11 is 0. The zero-order chi connectivity index (χ0) is 13.5. The molecule has 1 N–H and O–H groups in total. The fourth-order valence-corrected chi connectivity index (χ4v) is 3.64. The molecular weight excluding hydrogens is 244 g/mol. The van der Waals surface area contributed by atoms with Crippen molar-refractivity contribution in [2.45, 2.75) is 63.2 Å². The van der Waals surface area contributed by atoms with Crippen LogP contribution in [0.25, 0.3) is 0 Å².